The molecule has 0 saturated heterocycles. The van der Waals surface area contributed by atoms with Crippen molar-refractivity contribution in [3.05, 3.63) is 48.4 Å². The zero-order valence-corrected chi connectivity index (χ0v) is 8.04. The zero-order valence-electron chi connectivity index (χ0n) is 7.22. The van der Waals surface area contributed by atoms with Gasteiger partial charge in [0, 0.05) is 6.20 Å². The van der Waals surface area contributed by atoms with Crippen molar-refractivity contribution >= 4 is 11.9 Å². The summed E-state index contributed by atoms with van der Waals surface area (Å²) in [7, 11) is 0. The lowest BCUT2D eigenvalue weighted by Crippen LogP contribution is -2.12. The van der Waals surface area contributed by atoms with Crippen molar-refractivity contribution in [3.63, 3.8) is 0 Å². The van der Waals surface area contributed by atoms with Gasteiger partial charge in [-0.1, -0.05) is 30.3 Å². The van der Waals surface area contributed by atoms with Crippen LogP contribution in [0.3, 0.4) is 0 Å². The van der Waals surface area contributed by atoms with E-state index in [0.29, 0.717) is 5.94 Å². The smallest absolute Gasteiger partial charge is 0.152 e. The first kappa shape index (κ1) is 8.51. The molecule has 0 bridgehead atoms. The van der Waals surface area contributed by atoms with Crippen LogP contribution >= 0.6 is 11.9 Å². The van der Waals surface area contributed by atoms with Crippen molar-refractivity contribution in [3.8, 4) is 0 Å². The highest BCUT2D eigenvalue weighted by atomic mass is 32.2. The number of hydrogen-bond donors (Lipinski definition) is 0. The number of nitrogens with zero attached hydrogens (tertiary/aromatic N) is 1. The van der Waals surface area contributed by atoms with Crippen LogP contribution in [0.4, 0.5) is 0 Å². The van der Waals surface area contributed by atoms with Gasteiger partial charge in [0.25, 0.3) is 0 Å². The lowest BCUT2D eigenvalue weighted by Gasteiger charge is -2.21. The van der Waals surface area contributed by atoms with Gasteiger partial charge in [0.1, 0.15) is 6.26 Å². The monoisotopic (exact) mass is 193 g/mol. The molecule has 0 amide bonds. The molecule has 3 heteroatoms. The fourth-order valence-electron chi connectivity index (χ4n) is 1.15. The minimum Gasteiger partial charge on any atom is -0.487 e. The highest BCUT2D eigenvalue weighted by Gasteiger charge is 2.04. The van der Waals surface area contributed by atoms with Crippen LogP contribution in [-0.4, -0.2) is 10.2 Å². The van der Waals surface area contributed by atoms with Gasteiger partial charge in [-0.15, -0.1) is 0 Å². The molecule has 1 aliphatic rings. The van der Waals surface area contributed by atoms with Crippen molar-refractivity contribution in [1.82, 2.24) is 4.31 Å². The average molecular weight is 193 g/mol. The third-order valence-electron chi connectivity index (χ3n) is 1.79. The molecule has 1 heterocycles. The standard InChI is InChI=1S/C10H11NOS/c1-2-4-10(5-3-1)8-11-6-7-12-9-13-11/h1-7H,8-9H2. The Kier molecular flexibility index (Phi) is 2.77. The predicted octanol–water partition coefficient (Wildman–Crippen LogP) is 2.60. The van der Waals surface area contributed by atoms with Crippen molar-refractivity contribution in [1.29, 1.82) is 0 Å². The quantitative estimate of drug-likeness (QED) is 0.670. The van der Waals surface area contributed by atoms with Crippen LogP contribution < -0.4 is 0 Å². The highest BCUT2D eigenvalue weighted by Crippen LogP contribution is 2.18. The second-order valence-corrected chi connectivity index (χ2v) is 3.72. The lowest BCUT2D eigenvalue weighted by molar-refractivity contribution is 0.295. The minimum absolute atomic E-state index is 0.712. The zero-order chi connectivity index (χ0) is 8.93. The van der Waals surface area contributed by atoms with Crippen molar-refractivity contribution in [2.75, 3.05) is 5.94 Å². The van der Waals surface area contributed by atoms with Crippen LogP contribution in [0.1, 0.15) is 5.56 Å². The Morgan fingerprint density at radius 3 is 2.85 bits per heavy atom. The minimum atomic E-state index is 0.712. The molecule has 2 rings (SSSR count). The Bertz CT molecular complexity index is 286. The van der Waals surface area contributed by atoms with Crippen LogP contribution in [-0.2, 0) is 11.3 Å². The molecule has 1 aliphatic heterocycles. The summed E-state index contributed by atoms with van der Waals surface area (Å²) in [6.45, 7) is 0.936. The SMILES string of the molecule is C1=CN(Cc2ccccc2)SCO1. The summed E-state index contributed by atoms with van der Waals surface area (Å²) in [6.07, 6.45) is 3.70. The number of hydrogen-bond acceptors (Lipinski definition) is 3. The Hall–Kier alpha value is -1.09. The predicted molar refractivity (Wildman–Crippen MR) is 54.7 cm³/mol. The third-order valence-corrected chi connectivity index (χ3v) is 2.62. The van der Waals surface area contributed by atoms with E-state index in [1.165, 1.54) is 5.56 Å². The van der Waals surface area contributed by atoms with Crippen LogP contribution in [0.15, 0.2) is 42.8 Å². The van der Waals surface area contributed by atoms with E-state index in [2.05, 4.69) is 28.6 Å². The van der Waals surface area contributed by atoms with Gasteiger partial charge in [-0.3, -0.25) is 0 Å². The molecule has 68 valence electrons. The van der Waals surface area contributed by atoms with Gasteiger partial charge >= 0.3 is 0 Å². The van der Waals surface area contributed by atoms with E-state index in [1.807, 2.05) is 12.3 Å². The molecule has 13 heavy (non-hydrogen) atoms. The first-order valence-electron chi connectivity index (χ1n) is 4.17. The summed E-state index contributed by atoms with van der Waals surface area (Å²) in [6, 6.07) is 10.4. The number of rotatable bonds is 2. The maximum absolute atomic E-state index is 5.08. The Labute approximate surface area is 82.3 Å². The molecule has 0 unspecified atom stereocenters. The molecule has 2 nitrogen and oxygen atoms in total. The molecular formula is C10H11NOS. The van der Waals surface area contributed by atoms with Gasteiger partial charge < -0.3 is 9.04 Å². The molecule has 0 spiro atoms. The largest absolute Gasteiger partial charge is 0.487 e. The highest BCUT2D eigenvalue weighted by molar-refractivity contribution is 7.96. The van der Waals surface area contributed by atoms with Crippen molar-refractivity contribution in [2.24, 2.45) is 0 Å². The number of benzene rings is 1. The van der Waals surface area contributed by atoms with Crippen LogP contribution in [0, 0.1) is 0 Å². The molecular weight excluding hydrogens is 182 g/mol. The first-order chi connectivity index (χ1) is 6.45. The van der Waals surface area contributed by atoms with Gasteiger partial charge in [0.2, 0.25) is 0 Å². The van der Waals surface area contributed by atoms with E-state index >= 15 is 0 Å². The van der Waals surface area contributed by atoms with Gasteiger partial charge in [0.05, 0.1) is 6.54 Å². The summed E-state index contributed by atoms with van der Waals surface area (Å²) in [4.78, 5) is 0. The molecule has 0 aliphatic carbocycles. The Morgan fingerprint density at radius 2 is 2.15 bits per heavy atom. The molecule has 0 radical (unpaired) electrons. The summed E-state index contributed by atoms with van der Waals surface area (Å²) in [5, 5.41) is 0. The second kappa shape index (κ2) is 4.23. The van der Waals surface area contributed by atoms with Gasteiger partial charge in [-0.2, -0.15) is 0 Å². The normalized spacial score (nSPS) is 15.5. The van der Waals surface area contributed by atoms with E-state index in [9.17, 15) is 0 Å². The van der Waals surface area contributed by atoms with E-state index < -0.39 is 0 Å². The van der Waals surface area contributed by atoms with Crippen LogP contribution in [0.25, 0.3) is 0 Å². The van der Waals surface area contributed by atoms with Crippen molar-refractivity contribution < 1.29 is 4.74 Å². The summed E-state index contributed by atoms with van der Waals surface area (Å²) in [5.41, 5.74) is 1.32. The molecule has 0 N–H and O–H groups in total. The summed E-state index contributed by atoms with van der Waals surface area (Å²) in [5.74, 6) is 0.712. The fraction of sp³-hybridized carbons (Fsp3) is 0.200. The fourth-order valence-corrected chi connectivity index (χ4v) is 1.80. The third kappa shape index (κ3) is 2.42. The average Bonchev–Trinajstić information content (AvgIpc) is 2.21. The van der Waals surface area contributed by atoms with E-state index in [-0.39, 0.29) is 0 Å². The molecule has 0 aromatic heterocycles. The molecule has 1 aromatic carbocycles. The summed E-state index contributed by atoms with van der Waals surface area (Å²) < 4.78 is 7.24. The van der Waals surface area contributed by atoms with E-state index in [4.69, 9.17) is 4.74 Å². The maximum Gasteiger partial charge on any atom is 0.152 e. The topological polar surface area (TPSA) is 12.5 Å². The van der Waals surface area contributed by atoms with Crippen molar-refractivity contribution in [2.45, 2.75) is 6.54 Å². The van der Waals surface area contributed by atoms with E-state index in [0.717, 1.165) is 6.54 Å². The van der Waals surface area contributed by atoms with Gasteiger partial charge in [0.15, 0.2) is 5.94 Å². The molecule has 0 fully saturated rings. The maximum atomic E-state index is 5.08. The first-order valence-corrected chi connectivity index (χ1v) is 5.11. The second-order valence-electron chi connectivity index (χ2n) is 2.76. The number of ether oxygens (including phenoxy) is 1. The van der Waals surface area contributed by atoms with Crippen LogP contribution in [0.2, 0.25) is 0 Å². The Balaban J connectivity index is 1.98. The molecule has 0 atom stereocenters. The lowest BCUT2D eigenvalue weighted by atomic mass is 10.2. The molecule has 1 aromatic rings. The van der Waals surface area contributed by atoms with Gasteiger partial charge in [-0.25, -0.2) is 0 Å². The molecule has 0 saturated carbocycles. The van der Waals surface area contributed by atoms with Gasteiger partial charge in [-0.05, 0) is 17.5 Å². The summed E-state index contributed by atoms with van der Waals surface area (Å²) >= 11 is 1.68. The Morgan fingerprint density at radius 1 is 1.31 bits per heavy atom. The van der Waals surface area contributed by atoms with E-state index in [1.54, 1.807) is 18.2 Å². The van der Waals surface area contributed by atoms with Crippen LogP contribution in [0.5, 0.6) is 0 Å².